The lowest BCUT2D eigenvalue weighted by Gasteiger charge is -2.30. The molecule has 1 amide bonds. The molecular formula is C59H113N2O6P. The molecule has 2 N–H and O–H groups in total. The van der Waals surface area contributed by atoms with Gasteiger partial charge in [-0.1, -0.05) is 262 Å². The Hall–Kier alpha value is -1.54. The third kappa shape index (κ3) is 52.3. The van der Waals surface area contributed by atoms with E-state index < -0.39 is 20.0 Å². The number of carbonyl (C=O) groups excluding carboxylic acids is 1. The van der Waals surface area contributed by atoms with Crippen molar-refractivity contribution in [1.82, 2.24) is 5.32 Å². The van der Waals surface area contributed by atoms with Crippen LogP contribution in [0, 0.1) is 0 Å². The molecular weight excluding hydrogens is 864 g/mol. The summed E-state index contributed by atoms with van der Waals surface area (Å²) in [6, 6.07) is -0.824. The third-order valence-electron chi connectivity index (χ3n) is 13.1. The van der Waals surface area contributed by atoms with Gasteiger partial charge >= 0.3 is 0 Å². The van der Waals surface area contributed by atoms with Gasteiger partial charge in [-0.3, -0.25) is 9.36 Å². The van der Waals surface area contributed by atoms with E-state index in [9.17, 15) is 19.4 Å². The van der Waals surface area contributed by atoms with Crippen LogP contribution in [0.4, 0.5) is 0 Å². The topological polar surface area (TPSA) is 108 Å². The molecule has 0 heterocycles. The summed E-state index contributed by atoms with van der Waals surface area (Å²) in [6.07, 6.45) is 66.0. The summed E-state index contributed by atoms with van der Waals surface area (Å²) in [5.41, 5.74) is 0. The molecule has 0 aromatic carbocycles. The van der Waals surface area contributed by atoms with E-state index in [-0.39, 0.29) is 19.1 Å². The van der Waals surface area contributed by atoms with Gasteiger partial charge in [0.15, 0.2) is 0 Å². The van der Waals surface area contributed by atoms with Crippen molar-refractivity contribution in [1.29, 1.82) is 0 Å². The fourth-order valence-electron chi connectivity index (χ4n) is 8.56. The van der Waals surface area contributed by atoms with E-state index >= 15 is 0 Å². The lowest BCUT2D eigenvalue weighted by Crippen LogP contribution is -2.46. The van der Waals surface area contributed by atoms with E-state index in [0.717, 1.165) is 57.8 Å². The molecule has 8 nitrogen and oxygen atoms in total. The molecule has 68 heavy (non-hydrogen) atoms. The number of carbonyl (C=O) groups is 1. The lowest BCUT2D eigenvalue weighted by atomic mass is 10.0. The van der Waals surface area contributed by atoms with Gasteiger partial charge < -0.3 is 28.8 Å². The predicted molar refractivity (Wildman–Crippen MR) is 293 cm³/mol. The van der Waals surface area contributed by atoms with Crippen LogP contribution in [-0.4, -0.2) is 68.5 Å². The van der Waals surface area contributed by atoms with Crippen molar-refractivity contribution >= 4 is 13.7 Å². The largest absolute Gasteiger partial charge is 0.756 e. The Labute approximate surface area is 422 Å². The molecule has 0 bridgehead atoms. The molecule has 0 aliphatic rings. The van der Waals surface area contributed by atoms with Crippen molar-refractivity contribution in [2.75, 3.05) is 40.9 Å². The lowest BCUT2D eigenvalue weighted by molar-refractivity contribution is -0.870. The molecule has 0 aliphatic heterocycles. The molecule has 0 saturated heterocycles. The predicted octanol–water partition coefficient (Wildman–Crippen LogP) is 16.9. The highest BCUT2D eigenvalue weighted by molar-refractivity contribution is 7.45. The molecule has 3 atom stereocenters. The number of allylic oxidation sites excluding steroid dienone is 8. The Kier molecular flexibility index (Phi) is 49.3. The van der Waals surface area contributed by atoms with Crippen LogP contribution in [0.2, 0.25) is 0 Å². The molecule has 0 spiro atoms. The molecule has 0 aromatic heterocycles. The zero-order valence-corrected chi connectivity index (χ0v) is 46.5. The first-order valence-electron chi connectivity index (χ1n) is 29.0. The quantitative estimate of drug-likeness (QED) is 0.0272. The summed E-state index contributed by atoms with van der Waals surface area (Å²) in [6.45, 7) is 4.59. The van der Waals surface area contributed by atoms with Gasteiger partial charge in [0.2, 0.25) is 5.91 Å². The van der Waals surface area contributed by atoms with Gasteiger partial charge in [-0.25, -0.2) is 0 Å². The van der Waals surface area contributed by atoms with Crippen LogP contribution in [-0.2, 0) is 18.4 Å². The number of nitrogens with one attached hydrogen (secondary N) is 1. The Bertz CT molecular complexity index is 1250. The molecule has 0 fully saturated rings. The van der Waals surface area contributed by atoms with Crippen molar-refractivity contribution in [3.05, 3.63) is 48.6 Å². The maximum atomic E-state index is 12.9. The molecule has 0 aliphatic carbocycles. The summed E-state index contributed by atoms with van der Waals surface area (Å²) in [5, 5.41) is 14.0. The van der Waals surface area contributed by atoms with Crippen LogP contribution in [0.15, 0.2) is 48.6 Å². The smallest absolute Gasteiger partial charge is 0.268 e. The molecule has 9 heteroatoms. The van der Waals surface area contributed by atoms with E-state index in [2.05, 4.69) is 67.8 Å². The van der Waals surface area contributed by atoms with E-state index in [0.29, 0.717) is 30.3 Å². The maximum absolute atomic E-state index is 12.9. The second-order valence-electron chi connectivity index (χ2n) is 21.0. The normalized spacial score (nSPS) is 14.3. The van der Waals surface area contributed by atoms with E-state index in [4.69, 9.17) is 9.05 Å². The highest BCUT2D eigenvalue weighted by Gasteiger charge is 2.24. The SMILES string of the molecule is CC/C=C\C/C=C\C/C=C\C/C=C\CCCCC(=O)NC(COP(=O)([O-])OCC[N+](C)(C)C)C(O)CCCCCCCCCCCCCCCCCCCCCCCCCCCCCCCCC. The number of phosphoric acid groups is 1. The average Bonchev–Trinajstić information content (AvgIpc) is 3.30. The molecule has 0 aromatic rings. The highest BCUT2D eigenvalue weighted by Crippen LogP contribution is 2.38. The standard InChI is InChI=1S/C59H113N2O6P/c1-6-8-10-12-14-16-18-20-22-23-24-25-26-27-28-29-30-31-32-33-34-35-36-37-39-40-42-44-46-48-50-52-58(62)57(56-67-68(64,65)66-55-54-61(3,4)5)60-59(63)53-51-49-47-45-43-41-38-21-19-17-15-13-11-9-7-2/h9,11,15,17,21,38,43,45,57-58,62H,6-8,10,12-14,16,18-20,22-37,39-42,44,46-56H2,1-5H3,(H-,60,63,64,65)/b11-9-,17-15-,38-21-,45-43-. The summed E-state index contributed by atoms with van der Waals surface area (Å²) in [5.74, 6) is -0.203. The van der Waals surface area contributed by atoms with Gasteiger partial charge in [0.1, 0.15) is 13.2 Å². The number of nitrogens with zero attached hydrogens (tertiary/aromatic N) is 1. The van der Waals surface area contributed by atoms with Crippen molar-refractivity contribution in [3.63, 3.8) is 0 Å². The zero-order valence-electron chi connectivity index (χ0n) is 45.6. The highest BCUT2D eigenvalue weighted by atomic mass is 31.2. The van der Waals surface area contributed by atoms with Crippen LogP contribution in [0.1, 0.15) is 271 Å². The Balaban J connectivity index is 4.07. The Morgan fingerprint density at radius 3 is 1.28 bits per heavy atom. The van der Waals surface area contributed by atoms with E-state index in [1.54, 1.807) is 0 Å². The van der Waals surface area contributed by atoms with Crippen LogP contribution < -0.4 is 10.2 Å². The van der Waals surface area contributed by atoms with Gasteiger partial charge in [0, 0.05) is 6.42 Å². The van der Waals surface area contributed by atoms with Gasteiger partial charge in [-0.15, -0.1) is 0 Å². The number of phosphoric ester groups is 1. The van der Waals surface area contributed by atoms with Gasteiger partial charge in [-0.2, -0.15) is 0 Å². The zero-order chi connectivity index (χ0) is 49.9. The summed E-state index contributed by atoms with van der Waals surface area (Å²) in [7, 11) is 1.28. The second kappa shape index (κ2) is 50.4. The minimum absolute atomic E-state index is 0.00280. The second-order valence-corrected chi connectivity index (χ2v) is 22.4. The fourth-order valence-corrected chi connectivity index (χ4v) is 9.29. The first kappa shape index (κ1) is 66.5. The number of hydrogen-bond acceptors (Lipinski definition) is 6. The van der Waals surface area contributed by atoms with Crippen molar-refractivity contribution < 1.29 is 32.9 Å². The van der Waals surface area contributed by atoms with Crippen molar-refractivity contribution in [2.24, 2.45) is 0 Å². The van der Waals surface area contributed by atoms with Crippen LogP contribution in [0.5, 0.6) is 0 Å². The van der Waals surface area contributed by atoms with Crippen LogP contribution in [0.25, 0.3) is 0 Å². The molecule has 400 valence electrons. The maximum Gasteiger partial charge on any atom is 0.268 e. The van der Waals surface area contributed by atoms with Gasteiger partial charge in [0.25, 0.3) is 7.82 Å². The number of likely N-dealkylation sites (N-methyl/N-ethyl adjacent to an activating group) is 1. The molecule has 0 radical (unpaired) electrons. The number of rotatable bonds is 53. The van der Waals surface area contributed by atoms with Crippen LogP contribution >= 0.6 is 7.82 Å². The monoisotopic (exact) mass is 977 g/mol. The first-order chi connectivity index (χ1) is 33.0. The first-order valence-corrected chi connectivity index (χ1v) is 30.4. The number of hydrogen-bond donors (Lipinski definition) is 2. The molecule has 0 saturated carbocycles. The summed E-state index contributed by atoms with van der Waals surface area (Å²) in [4.78, 5) is 25.4. The number of aliphatic hydroxyl groups excluding tert-OH is 1. The summed E-state index contributed by atoms with van der Waals surface area (Å²) >= 11 is 0. The van der Waals surface area contributed by atoms with E-state index in [1.807, 2.05) is 21.1 Å². The Morgan fingerprint density at radius 1 is 0.529 bits per heavy atom. The number of quaternary nitrogens is 1. The minimum atomic E-state index is -4.58. The van der Waals surface area contributed by atoms with E-state index in [1.165, 1.54) is 180 Å². The minimum Gasteiger partial charge on any atom is -0.756 e. The number of unbranched alkanes of at least 4 members (excludes halogenated alkanes) is 32. The van der Waals surface area contributed by atoms with Crippen molar-refractivity contribution in [2.45, 2.75) is 283 Å². The van der Waals surface area contributed by atoms with Gasteiger partial charge in [-0.05, 0) is 51.4 Å². The molecule has 0 rings (SSSR count). The third-order valence-corrected chi connectivity index (χ3v) is 14.0. The number of aliphatic hydroxyl groups is 1. The van der Waals surface area contributed by atoms with Crippen LogP contribution in [0.3, 0.4) is 0 Å². The van der Waals surface area contributed by atoms with Crippen molar-refractivity contribution in [3.8, 4) is 0 Å². The average molecular weight is 978 g/mol. The Morgan fingerprint density at radius 2 is 0.897 bits per heavy atom. The summed E-state index contributed by atoms with van der Waals surface area (Å²) < 4.78 is 23.4. The molecule has 3 unspecified atom stereocenters. The fraction of sp³-hybridized carbons (Fsp3) is 0.847. The van der Waals surface area contributed by atoms with Gasteiger partial charge in [0.05, 0.1) is 39.9 Å². The number of amides is 1.